The maximum atomic E-state index is 10.6. The third-order valence-electron chi connectivity index (χ3n) is 1.09. The molecule has 0 atom stereocenters. The topological polar surface area (TPSA) is 79.4 Å². The van der Waals surface area contributed by atoms with E-state index in [1.54, 1.807) is 25.4 Å². The molecule has 1 heterocycles. The zero-order valence-electron chi connectivity index (χ0n) is 8.11. The Hall–Kier alpha value is -1.78. The molecule has 0 fully saturated rings. The van der Waals surface area contributed by atoms with Crippen molar-refractivity contribution in [1.82, 2.24) is 4.98 Å². The average Bonchev–Trinajstić information content (AvgIpc) is 2.55. The first-order chi connectivity index (χ1) is 6.56. The van der Waals surface area contributed by atoms with Gasteiger partial charge in [0.05, 0.1) is 0 Å². The van der Waals surface area contributed by atoms with E-state index < -0.39 is 5.97 Å². The minimum Gasteiger partial charge on any atom is -0.481 e. The Labute approximate surface area is 81.7 Å². The van der Waals surface area contributed by atoms with Gasteiger partial charge in [0.2, 0.25) is 0 Å². The van der Waals surface area contributed by atoms with Gasteiger partial charge in [-0.15, -0.1) is 0 Å². The Bertz CT molecular complexity index is 275. The number of hydrogen-bond acceptors (Lipinski definition) is 3. The van der Waals surface area contributed by atoms with Gasteiger partial charge in [0.1, 0.15) is 5.75 Å². The number of rotatable bonds is 2. The van der Waals surface area contributed by atoms with Crippen molar-refractivity contribution in [2.24, 2.45) is 0 Å². The first-order valence-corrected chi connectivity index (χ1v) is 4.09. The van der Waals surface area contributed by atoms with Gasteiger partial charge in [0, 0.05) is 25.7 Å². The van der Waals surface area contributed by atoms with Gasteiger partial charge in [-0.25, -0.2) is 0 Å². The Morgan fingerprint density at radius 3 is 2.50 bits per heavy atom. The normalized spacial score (nSPS) is 8.43. The molecule has 0 amide bonds. The standard InChI is InChI=1S/C7H9NO2.C2H4O2/c1-2-7(9)10-6-3-4-8-5-6;1-2(3)4/h3-5,8H,2H2,1H3;1H3,(H,3,4). The van der Waals surface area contributed by atoms with Crippen molar-refractivity contribution in [1.29, 1.82) is 0 Å². The van der Waals surface area contributed by atoms with Gasteiger partial charge in [-0.05, 0) is 6.07 Å². The molecule has 14 heavy (non-hydrogen) atoms. The minimum absolute atomic E-state index is 0.209. The van der Waals surface area contributed by atoms with Crippen molar-refractivity contribution in [3.05, 3.63) is 18.5 Å². The highest BCUT2D eigenvalue weighted by molar-refractivity contribution is 5.71. The summed E-state index contributed by atoms with van der Waals surface area (Å²) in [6, 6.07) is 1.70. The number of hydrogen-bond donors (Lipinski definition) is 2. The van der Waals surface area contributed by atoms with Crippen molar-refractivity contribution in [3.63, 3.8) is 0 Å². The van der Waals surface area contributed by atoms with Crippen molar-refractivity contribution < 1.29 is 19.4 Å². The molecule has 1 rings (SSSR count). The van der Waals surface area contributed by atoms with Gasteiger partial charge in [-0.3, -0.25) is 9.59 Å². The van der Waals surface area contributed by atoms with Crippen molar-refractivity contribution in [2.75, 3.05) is 0 Å². The molecule has 0 saturated carbocycles. The summed E-state index contributed by atoms with van der Waals surface area (Å²) in [7, 11) is 0. The van der Waals surface area contributed by atoms with Gasteiger partial charge in [-0.2, -0.15) is 0 Å². The Kier molecular flexibility index (Phi) is 5.85. The molecule has 1 aromatic rings. The number of carbonyl (C=O) groups is 2. The van der Waals surface area contributed by atoms with Gasteiger partial charge >= 0.3 is 5.97 Å². The summed E-state index contributed by atoms with van der Waals surface area (Å²) in [4.78, 5) is 22.4. The molecule has 0 aliphatic rings. The predicted octanol–water partition coefficient (Wildman–Crippen LogP) is 1.42. The number of aromatic nitrogens is 1. The van der Waals surface area contributed by atoms with Crippen LogP contribution in [-0.4, -0.2) is 22.0 Å². The summed E-state index contributed by atoms with van der Waals surface area (Å²) in [6.45, 7) is 2.84. The van der Waals surface area contributed by atoms with E-state index in [2.05, 4.69) is 4.98 Å². The lowest BCUT2D eigenvalue weighted by Gasteiger charge is -1.95. The fourth-order valence-corrected chi connectivity index (χ4v) is 0.576. The molecule has 1 aromatic heterocycles. The molecule has 2 N–H and O–H groups in total. The average molecular weight is 199 g/mol. The van der Waals surface area contributed by atoms with Crippen molar-refractivity contribution in [2.45, 2.75) is 20.3 Å². The first-order valence-electron chi connectivity index (χ1n) is 4.09. The number of carboxylic acid groups (broad SMARTS) is 1. The second kappa shape index (κ2) is 6.71. The van der Waals surface area contributed by atoms with Crippen molar-refractivity contribution >= 4 is 11.9 Å². The molecule has 0 aliphatic heterocycles. The van der Waals surface area contributed by atoms with E-state index in [-0.39, 0.29) is 5.97 Å². The zero-order chi connectivity index (χ0) is 11.0. The summed E-state index contributed by atoms with van der Waals surface area (Å²) in [5.74, 6) is -0.466. The fraction of sp³-hybridized carbons (Fsp3) is 0.333. The van der Waals surface area contributed by atoms with E-state index in [0.717, 1.165) is 6.92 Å². The Morgan fingerprint density at radius 2 is 2.14 bits per heavy atom. The smallest absolute Gasteiger partial charge is 0.310 e. The summed E-state index contributed by atoms with van der Waals surface area (Å²) < 4.78 is 4.83. The Morgan fingerprint density at radius 1 is 1.57 bits per heavy atom. The summed E-state index contributed by atoms with van der Waals surface area (Å²) in [6.07, 6.45) is 3.75. The van der Waals surface area contributed by atoms with Crippen LogP contribution in [0.25, 0.3) is 0 Å². The summed E-state index contributed by atoms with van der Waals surface area (Å²) in [5.41, 5.74) is 0. The quantitative estimate of drug-likeness (QED) is 0.706. The van der Waals surface area contributed by atoms with Crippen LogP contribution in [-0.2, 0) is 9.59 Å². The number of ether oxygens (including phenoxy) is 1. The molecule has 0 unspecified atom stereocenters. The van der Waals surface area contributed by atoms with E-state index in [9.17, 15) is 4.79 Å². The lowest BCUT2D eigenvalue weighted by Crippen LogP contribution is -2.04. The van der Waals surface area contributed by atoms with Gasteiger partial charge < -0.3 is 14.8 Å². The third kappa shape index (κ3) is 6.90. The SMILES string of the molecule is CC(=O)O.CCC(=O)Oc1cc[nH]c1. The van der Waals surface area contributed by atoms with E-state index in [4.69, 9.17) is 14.6 Å². The van der Waals surface area contributed by atoms with Crippen LogP contribution in [0.15, 0.2) is 18.5 Å². The largest absolute Gasteiger partial charge is 0.481 e. The molecule has 0 aromatic carbocycles. The van der Waals surface area contributed by atoms with Crippen LogP contribution < -0.4 is 4.74 Å². The highest BCUT2D eigenvalue weighted by Crippen LogP contribution is 2.07. The number of carbonyl (C=O) groups excluding carboxylic acids is 1. The number of aromatic amines is 1. The van der Waals surface area contributed by atoms with Crippen LogP contribution in [0.2, 0.25) is 0 Å². The highest BCUT2D eigenvalue weighted by atomic mass is 16.5. The number of aliphatic carboxylic acids is 1. The van der Waals surface area contributed by atoms with E-state index in [0.29, 0.717) is 12.2 Å². The van der Waals surface area contributed by atoms with Crippen LogP contribution in [0.1, 0.15) is 20.3 Å². The molecular formula is C9H13NO4. The van der Waals surface area contributed by atoms with E-state index >= 15 is 0 Å². The second-order valence-electron chi connectivity index (χ2n) is 2.39. The van der Waals surface area contributed by atoms with E-state index in [1.165, 1.54) is 0 Å². The van der Waals surface area contributed by atoms with Crippen LogP contribution in [0.4, 0.5) is 0 Å². The minimum atomic E-state index is -0.833. The maximum Gasteiger partial charge on any atom is 0.310 e. The Balaban J connectivity index is 0.000000364. The monoisotopic (exact) mass is 199 g/mol. The molecular weight excluding hydrogens is 186 g/mol. The van der Waals surface area contributed by atoms with Crippen LogP contribution in [0.5, 0.6) is 5.75 Å². The molecule has 0 saturated heterocycles. The zero-order valence-corrected chi connectivity index (χ0v) is 8.11. The number of nitrogens with one attached hydrogen (secondary N) is 1. The molecule has 5 nitrogen and oxygen atoms in total. The number of carboxylic acids is 1. The van der Waals surface area contributed by atoms with Crippen LogP contribution >= 0.6 is 0 Å². The van der Waals surface area contributed by atoms with Crippen LogP contribution in [0, 0.1) is 0 Å². The van der Waals surface area contributed by atoms with Crippen molar-refractivity contribution in [3.8, 4) is 5.75 Å². The van der Waals surface area contributed by atoms with Crippen LogP contribution in [0.3, 0.4) is 0 Å². The van der Waals surface area contributed by atoms with E-state index in [1.807, 2.05) is 0 Å². The lowest BCUT2D eigenvalue weighted by atomic mass is 10.5. The maximum absolute atomic E-state index is 10.6. The summed E-state index contributed by atoms with van der Waals surface area (Å²) in [5, 5.41) is 7.42. The third-order valence-corrected chi connectivity index (χ3v) is 1.09. The predicted molar refractivity (Wildman–Crippen MR) is 50.0 cm³/mol. The van der Waals surface area contributed by atoms with Gasteiger partial charge in [0.15, 0.2) is 0 Å². The van der Waals surface area contributed by atoms with Gasteiger partial charge in [0.25, 0.3) is 5.97 Å². The first kappa shape index (κ1) is 12.2. The van der Waals surface area contributed by atoms with Gasteiger partial charge in [-0.1, -0.05) is 6.92 Å². The second-order valence-corrected chi connectivity index (χ2v) is 2.39. The molecule has 5 heteroatoms. The number of H-pyrrole nitrogens is 1. The lowest BCUT2D eigenvalue weighted by molar-refractivity contribution is -0.135. The fourth-order valence-electron chi connectivity index (χ4n) is 0.576. The number of esters is 1. The molecule has 0 spiro atoms. The summed E-state index contributed by atoms with van der Waals surface area (Å²) >= 11 is 0. The molecule has 0 bridgehead atoms. The molecule has 78 valence electrons. The molecule has 0 radical (unpaired) electrons. The molecule has 0 aliphatic carbocycles. The highest BCUT2D eigenvalue weighted by Gasteiger charge is 1.99.